The van der Waals surface area contributed by atoms with Crippen LogP contribution in [0.4, 0.5) is 0 Å². The van der Waals surface area contributed by atoms with Crippen LogP contribution >= 0.6 is 11.6 Å². The third kappa shape index (κ3) is 3.53. The lowest BCUT2D eigenvalue weighted by Gasteiger charge is -2.19. The van der Waals surface area contributed by atoms with Crippen molar-refractivity contribution in [2.45, 2.75) is 44.9 Å². The molecule has 3 nitrogen and oxygen atoms in total. The number of hydrogen-bond donors (Lipinski definition) is 0. The highest BCUT2D eigenvalue weighted by Gasteiger charge is 2.27. The highest BCUT2D eigenvalue weighted by atomic mass is 35.5. The monoisotopic (exact) mass is 302 g/mol. The molecular formula is C17H19ClN2O. The maximum atomic E-state index is 6.04. The Morgan fingerprint density at radius 3 is 2.33 bits per heavy atom. The lowest BCUT2D eigenvalue weighted by Crippen LogP contribution is -2.10. The zero-order chi connectivity index (χ0) is 15.0. The van der Waals surface area contributed by atoms with Gasteiger partial charge in [-0.2, -0.15) is 4.98 Å². The zero-order valence-corrected chi connectivity index (χ0v) is 13.3. The Kier molecular flexibility index (Phi) is 3.62. The molecule has 110 valence electrons. The first kappa shape index (κ1) is 14.3. The predicted molar refractivity (Wildman–Crippen MR) is 84.2 cm³/mol. The molecule has 21 heavy (non-hydrogen) atoms. The number of rotatable bonds is 3. The maximum Gasteiger partial charge on any atom is 0.224 e. The Hall–Kier alpha value is -1.61. The number of nitrogens with zero attached hydrogens (tertiary/aromatic N) is 2. The molecule has 0 aliphatic heterocycles. The largest absolute Gasteiger partial charge is 0.439 e. The van der Waals surface area contributed by atoms with E-state index >= 15 is 0 Å². The molecule has 0 saturated heterocycles. The van der Waals surface area contributed by atoms with Crippen molar-refractivity contribution < 1.29 is 4.74 Å². The number of halogens is 1. The number of hydrogen-bond acceptors (Lipinski definition) is 3. The lowest BCUT2D eigenvalue weighted by atomic mass is 9.87. The molecule has 0 spiro atoms. The molecule has 1 aromatic heterocycles. The van der Waals surface area contributed by atoms with Gasteiger partial charge in [-0.25, -0.2) is 4.98 Å². The van der Waals surface area contributed by atoms with Crippen LogP contribution in [-0.2, 0) is 5.41 Å². The van der Waals surface area contributed by atoms with E-state index in [4.69, 9.17) is 16.3 Å². The van der Waals surface area contributed by atoms with Crippen LogP contribution in [0.3, 0.4) is 0 Å². The zero-order valence-electron chi connectivity index (χ0n) is 12.6. The molecule has 2 aromatic rings. The molecule has 0 N–H and O–H groups in total. The summed E-state index contributed by atoms with van der Waals surface area (Å²) in [7, 11) is 0. The summed E-state index contributed by atoms with van der Waals surface area (Å²) in [4.78, 5) is 8.70. The maximum absolute atomic E-state index is 6.04. The van der Waals surface area contributed by atoms with E-state index in [2.05, 4.69) is 42.9 Å². The van der Waals surface area contributed by atoms with E-state index in [0.717, 1.165) is 24.4 Å². The molecule has 1 aliphatic carbocycles. The minimum atomic E-state index is 0.135. The molecule has 0 radical (unpaired) electrons. The second-order valence-corrected chi connectivity index (χ2v) is 6.93. The Morgan fingerprint density at radius 1 is 1.10 bits per heavy atom. The van der Waals surface area contributed by atoms with E-state index < -0.39 is 0 Å². The fourth-order valence-electron chi connectivity index (χ4n) is 2.13. The van der Waals surface area contributed by atoms with Gasteiger partial charge in [-0.1, -0.05) is 44.5 Å². The lowest BCUT2D eigenvalue weighted by molar-refractivity contribution is 0.457. The molecule has 1 aliphatic rings. The van der Waals surface area contributed by atoms with Crippen molar-refractivity contribution >= 4 is 11.6 Å². The molecule has 0 unspecified atom stereocenters. The van der Waals surface area contributed by atoms with Crippen molar-refractivity contribution in [3.8, 4) is 11.6 Å². The SMILES string of the molecule is CC(C)(C)c1ccc(Oc2cc(Cl)nc(C3CC3)n2)cc1. The Balaban J connectivity index is 1.80. The third-order valence-corrected chi connectivity index (χ3v) is 3.77. The normalized spacial score (nSPS) is 15.0. The van der Waals surface area contributed by atoms with Crippen molar-refractivity contribution in [2.75, 3.05) is 0 Å². The second kappa shape index (κ2) is 5.30. The van der Waals surface area contributed by atoms with Crippen LogP contribution < -0.4 is 4.74 Å². The quantitative estimate of drug-likeness (QED) is 0.740. The van der Waals surface area contributed by atoms with Crippen LogP contribution in [0.25, 0.3) is 0 Å². The van der Waals surface area contributed by atoms with Gasteiger partial charge in [0, 0.05) is 12.0 Å². The van der Waals surface area contributed by atoms with E-state index in [0.29, 0.717) is 17.0 Å². The second-order valence-electron chi connectivity index (χ2n) is 6.54. The summed E-state index contributed by atoms with van der Waals surface area (Å²) < 4.78 is 5.81. The van der Waals surface area contributed by atoms with E-state index in [1.807, 2.05) is 12.1 Å². The average molecular weight is 303 g/mol. The van der Waals surface area contributed by atoms with Crippen molar-refractivity contribution in [2.24, 2.45) is 0 Å². The van der Waals surface area contributed by atoms with Gasteiger partial charge >= 0.3 is 0 Å². The summed E-state index contributed by atoms with van der Waals surface area (Å²) in [5, 5.41) is 0.438. The molecule has 0 amide bonds. The molecule has 4 heteroatoms. The number of aromatic nitrogens is 2. The standard InChI is InChI=1S/C17H19ClN2O/c1-17(2,3)12-6-8-13(9-7-12)21-15-10-14(18)19-16(20-15)11-4-5-11/h6-11H,4-5H2,1-3H3. The van der Waals surface area contributed by atoms with Crippen LogP contribution in [0.5, 0.6) is 11.6 Å². The van der Waals surface area contributed by atoms with Crippen molar-refractivity contribution in [1.29, 1.82) is 0 Å². The van der Waals surface area contributed by atoms with Gasteiger partial charge in [-0.3, -0.25) is 0 Å². The van der Waals surface area contributed by atoms with Gasteiger partial charge in [0.05, 0.1) is 0 Å². The van der Waals surface area contributed by atoms with E-state index in [-0.39, 0.29) is 5.41 Å². The molecule has 1 saturated carbocycles. The molecular weight excluding hydrogens is 284 g/mol. The van der Waals surface area contributed by atoms with Crippen LogP contribution in [0, 0.1) is 0 Å². The van der Waals surface area contributed by atoms with Gasteiger partial charge in [0.25, 0.3) is 0 Å². The average Bonchev–Trinajstić information content (AvgIpc) is 3.21. The molecule has 1 aromatic carbocycles. The Morgan fingerprint density at radius 2 is 1.76 bits per heavy atom. The van der Waals surface area contributed by atoms with E-state index in [1.54, 1.807) is 6.07 Å². The van der Waals surface area contributed by atoms with Crippen LogP contribution in [0.2, 0.25) is 5.15 Å². The Bertz CT molecular complexity index is 643. The van der Waals surface area contributed by atoms with Crippen LogP contribution in [-0.4, -0.2) is 9.97 Å². The summed E-state index contributed by atoms with van der Waals surface area (Å²) in [6.45, 7) is 6.57. The summed E-state index contributed by atoms with van der Waals surface area (Å²) in [6.07, 6.45) is 2.28. The molecule has 0 bridgehead atoms. The fraction of sp³-hybridized carbons (Fsp3) is 0.412. The van der Waals surface area contributed by atoms with E-state index in [9.17, 15) is 0 Å². The van der Waals surface area contributed by atoms with Crippen LogP contribution in [0.1, 0.15) is 50.9 Å². The van der Waals surface area contributed by atoms with Gasteiger partial charge in [0.1, 0.15) is 16.7 Å². The van der Waals surface area contributed by atoms with Crippen molar-refractivity contribution in [1.82, 2.24) is 9.97 Å². The fourth-order valence-corrected chi connectivity index (χ4v) is 2.31. The summed E-state index contributed by atoms with van der Waals surface area (Å²) in [5.74, 6) is 2.53. The Labute approximate surface area is 130 Å². The molecule has 1 heterocycles. The first-order chi connectivity index (χ1) is 9.91. The molecule has 3 rings (SSSR count). The first-order valence-corrected chi connectivity index (χ1v) is 7.62. The van der Waals surface area contributed by atoms with Gasteiger partial charge < -0.3 is 4.74 Å². The van der Waals surface area contributed by atoms with Gasteiger partial charge in [0.2, 0.25) is 5.88 Å². The predicted octanol–water partition coefficient (Wildman–Crippen LogP) is 5.10. The summed E-state index contributed by atoms with van der Waals surface area (Å²) >= 11 is 6.04. The van der Waals surface area contributed by atoms with Crippen molar-refractivity contribution in [3.63, 3.8) is 0 Å². The molecule has 1 fully saturated rings. The smallest absolute Gasteiger partial charge is 0.224 e. The van der Waals surface area contributed by atoms with Gasteiger partial charge in [-0.15, -0.1) is 0 Å². The topological polar surface area (TPSA) is 35.0 Å². The minimum Gasteiger partial charge on any atom is -0.439 e. The number of benzene rings is 1. The number of ether oxygens (including phenoxy) is 1. The van der Waals surface area contributed by atoms with Crippen molar-refractivity contribution in [3.05, 3.63) is 46.9 Å². The minimum absolute atomic E-state index is 0.135. The molecule has 0 atom stereocenters. The highest BCUT2D eigenvalue weighted by Crippen LogP contribution is 2.39. The highest BCUT2D eigenvalue weighted by molar-refractivity contribution is 6.29. The summed E-state index contributed by atoms with van der Waals surface area (Å²) in [6, 6.07) is 9.76. The summed E-state index contributed by atoms with van der Waals surface area (Å²) in [5.41, 5.74) is 1.41. The third-order valence-electron chi connectivity index (χ3n) is 3.57. The van der Waals surface area contributed by atoms with Gasteiger partial charge in [0.15, 0.2) is 0 Å². The van der Waals surface area contributed by atoms with Crippen LogP contribution in [0.15, 0.2) is 30.3 Å². The van der Waals surface area contributed by atoms with E-state index in [1.165, 1.54) is 5.56 Å². The van der Waals surface area contributed by atoms with Gasteiger partial charge in [-0.05, 0) is 36.0 Å². The first-order valence-electron chi connectivity index (χ1n) is 7.25.